The van der Waals surface area contributed by atoms with Crippen molar-refractivity contribution < 1.29 is 9.90 Å². The molecule has 2 rings (SSSR count). The Hall–Kier alpha value is -0.340. The molecule has 2 atom stereocenters. The number of aliphatic hydroxyl groups is 1. The maximum Gasteiger partial charge on any atom is 0.237 e. The lowest BCUT2D eigenvalue weighted by atomic mass is 10.1. The molecular weight excluding hydrogens is 336 g/mol. The predicted molar refractivity (Wildman–Crippen MR) is 104 cm³/mol. The van der Waals surface area contributed by atoms with Gasteiger partial charge in [-0.25, -0.2) is 4.31 Å². The van der Waals surface area contributed by atoms with Gasteiger partial charge in [-0.05, 0) is 41.0 Å². The number of amides is 1. The fourth-order valence-corrected chi connectivity index (χ4v) is 4.67. The first-order valence-electron chi connectivity index (χ1n) is 9.64. The molecule has 0 saturated carbocycles. The van der Waals surface area contributed by atoms with Gasteiger partial charge in [-0.1, -0.05) is 11.9 Å². The highest BCUT2D eigenvalue weighted by molar-refractivity contribution is 7.97. The smallest absolute Gasteiger partial charge is 0.237 e. The number of rotatable bonds is 7. The molecule has 2 aliphatic rings. The van der Waals surface area contributed by atoms with E-state index < -0.39 is 0 Å². The average molecular weight is 373 g/mol. The van der Waals surface area contributed by atoms with Crippen molar-refractivity contribution in [1.82, 2.24) is 19.0 Å². The highest BCUT2D eigenvalue weighted by Gasteiger charge is 2.29. The largest absolute Gasteiger partial charge is 0.376 e. The first-order valence-corrected chi connectivity index (χ1v) is 10.6. The van der Waals surface area contributed by atoms with Gasteiger partial charge in [-0.2, -0.15) is 0 Å². The Labute approximate surface area is 157 Å². The number of nitrogens with zero attached hydrogens (tertiary/aromatic N) is 4. The van der Waals surface area contributed by atoms with Gasteiger partial charge in [-0.15, -0.1) is 0 Å². The van der Waals surface area contributed by atoms with Crippen molar-refractivity contribution in [3.05, 3.63) is 0 Å². The summed E-state index contributed by atoms with van der Waals surface area (Å²) in [5.41, 5.74) is 0. The summed E-state index contributed by atoms with van der Waals surface area (Å²) in [6.07, 6.45) is 0.657. The second-order valence-electron chi connectivity index (χ2n) is 7.83. The highest BCUT2D eigenvalue weighted by Crippen LogP contribution is 2.21. The summed E-state index contributed by atoms with van der Waals surface area (Å²) in [7, 11) is 0. The number of hydrogen-bond acceptors (Lipinski definition) is 6. The van der Waals surface area contributed by atoms with Crippen LogP contribution in [-0.4, -0.2) is 99.4 Å². The molecule has 146 valence electrons. The Kier molecular flexibility index (Phi) is 8.01. The van der Waals surface area contributed by atoms with Crippen molar-refractivity contribution in [2.75, 3.05) is 45.0 Å². The molecule has 1 N–H and O–H groups in total. The fraction of sp³-hybridized carbons (Fsp3) is 0.944. The van der Waals surface area contributed by atoms with Crippen LogP contribution in [0.4, 0.5) is 0 Å². The van der Waals surface area contributed by atoms with Crippen molar-refractivity contribution in [3.8, 4) is 0 Å². The Morgan fingerprint density at radius 1 is 1.04 bits per heavy atom. The average Bonchev–Trinajstić information content (AvgIpc) is 2.55. The minimum absolute atomic E-state index is 0.251. The van der Waals surface area contributed by atoms with Crippen molar-refractivity contribution in [1.29, 1.82) is 0 Å². The summed E-state index contributed by atoms with van der Waals surface area (Å²) in [4.78, 5) is 18.8. The molecule has 25 heavy (non-hydrogen) atoms. The summed E-state index contributed by atoms with van der Waals surface area (Å²) in [6.45, 7) is 15.7. The lowest BCUT2D eigenvalue weighted by Gasteiger charge is -2.41. The number of carbonyl (C=O) groups excluding carboxylic acids is 1. The molecule has 6 nitrogen and oxygen atoms in total. The first kappa shape index (κ1) is 21.0. The van der Waals surface area contributed by atoms with Crippen molar-refractivity contribution in [2.45, 2.75) is 65.4 Å². The SMILES string of the molecule is CC(C)N1CCN(SCCC(C)N2CCN(C(C)C)C(=O)C2)C(O)C1. The van der Waals surface area contributed by atoms with Gasteiger partial charge in [0.25, 0.3) is 0 Å². The zero-order valence-corrected chi connectivity index (χ0v) is 17.3. The number of carbonyl (C=O) groups is 1. The molecule has 2 fully saturated rings. The highest BCUT2D eigenvalue weighted by atomic mass is 32.2. The van der Waals surface area contributed by atoms with Gasteiger partial charge in [0.15, 0.2) is 0 Å². The molecule has 0 radical (unpaired) electrons. The third-order valence-electron chi connectivity index (χ3n) is 5.39. The predicted octanol–water partition coefficient (Wildman–Crippen LogP) is 1.31. The van der Waals surface area contributed by atoms with Gasteiger partial charge in [0.1, 0.15) is 6.23 Å². The van der Waals surface area contributed by atoms with Crippen molar-refractivity contribution >= 4 is 17.9 Å². The van der Waals surface area contributed by atoms with Crippen LogP contribution in [-0.2, 0) is 4.79 Å². The Morgan fingerprint density at radius 3 is 2.28 bits per heavy atom. The molecular formula is C18H36N4O2S. The van der Waals surface area contributed by atoms with Gasteiger partial charge < -0.3 is 10.0 Å². The van der Waals surface area contributed by atoms with E-state index >= 15 is 0 Å². The van der Waals surface area contributed by atoms with E-state index in [1.54, 1.807) is 11.9 Å². The van der Waals surface area contributed by atoms with E-state index in [-0.39, 0.29) is 12.1 Å². The molecule has 0 aromatic rings. The number of hydrogen-bond donors (Lipinski definition) is 1. The van der Waals surface area contributed by atoms with Crippen LogP contribution in [0.1, 0.15) is 41.0 Å². The maximum atomic E-state index is 12.2. The Morgan fingerprint density at radius 2 is 1.72 bits per heavy atom. The molecule has 2 saturated heterocycles. The molecule has 0 aromatic heterocycles. The molecule has 2 unspecified atom stereocenters. The standard InChI is InChI=1S/C18H36N4O2S/c1-14(2)19-8-10-22(18(24)13-19)25-11-6-16(5)20-7-9-21(15(3)4)17(23)12-20/h14-16,18,24H,6-13H2,1-5H3. The minimum Gasteiger partial charge on any atom is -0.376 e. The molecule has 0 aromatic carbocycles. The van der Waals surface area contributed by atoms with Crippen LogP contribution in [0.2, 0.25) is 0 Å². The summed E-state index contributed by atoms with van der Waals surface area (Å²) in [5, 5.41) is 10.3. The molecule has 1 amide bonds. The summed E-state index contributed by atoms with van der Waals surface area (Å²) >= 11 is 1.75. The minimum atomic E-state index is -0.382. The lowest BCUT2D eigenvalue weighted by Crippen LogP contribution is -2.55. The molecule has 0 spiro atoms. The van der Waals surface area contributed by atoms with E-state index in [2.05, 4.69) is 48.7 Å². The molecule has 7 heteroatoms. The Bertz CT molecular complexity index is 435. The second-order valence-corrected chi connectivity index (χ2v) is 8.97. The van der Waals surface area contributed by atoms with E-state index in [1.165, 1.54) is 0 Å². The van der Waals surface area contributed by atoms with E-state index in [1.807, 2.05) is 4.90 Å². The van der Waals surface area contributed by atoms with Gasteiger partial charge in [0.05, 0.1) is 6.54 Å². The monoisotopic (exact) mass is 372 g/mol. The van der Waals surface area contributed by atoms with Gasteiger partial charge in [-0.3, -0.25) is 14.6 Å². The topological polar surface area (TPSA) is 50.3 Å². The van der Waals surface area contributed by atoms with Crippen LogP contribution < -0.4 is 0 Å². The van der Waals surface area contributed by atoms with Crippen LogP contribution in [0.3, 0.4) is 0 Å². The van der Waals surface area contributed by atoms with Gasteiger partial charge >= 0.3 is 0 Å². The molecule has 0 bridgehead atoms. The number of piperazine rings is 2. The van der Waals surface area contributed by atoms with Gasteiger partial charge in [0, 0.05) is 56.6 Å². The number of β-amino-alcohol motifs (C(OH)–C–C–N with tert-alkyl or cyclic N) is 1. The molecule has 2 aliphatic heterocycles. The molecule has 0 aliphatic carbocycles. The van der Waals surface area contributed by atoms with Crippen LogP contribution >= 0.6 is 11.9 Å². The maximum absolute atomic E-state index is 12.2. The van der Waals surface area contributed by atoms with Crippen molar-refractivity contribution in [3.63, 3.8) is 0 Å². The van der Waals surface area contributed by atoms with E-state index in [0.717, 1.165) is 44.9 Å². The van der Waals surface area contributed by atoms with Crippen LogP contribution in [0.15, 0.2) is 0 Å². The lowest BCUT2D eigenvalue weighted by molar-refractivity contribution is -0.138. The van der Waals surface area contributed by atoms with E-state index in [9.17, 15) is 9.90 Å². The second kappa shape index (κ2) is 9.55. The normalized spacial score (nSPS) is 26.0. The van der Waals surface area contributed by atoms with E-state index in [4.69, 9.17) is 0 Å². The summed E-state index contributed by atoms with van der Waals surface area (Å²) in [5.74, 6) is 1.24. The Balaban J connectivity index is 1.69. The van der Waals surface area contributed by atoms with Crippen LogP contribution in [0.25, 0.3) is 0 Å². The fourth-order valence-electron chi connectivity index (χ4n) is 3.54. The summed E-state index contributed by atoms with van der Waals surface area (Å²) in [6, 6.07) is 1.19. The zero-order valence-electron chi connectivity index (χ0n) is 16.5. The number of aliphatic hydroxyl groups excluding tert-OH is 1. The van der Waals surface area contributed by atoms with Gasteiger partial charge in [0.2, 0.25) is 5.91 Å². The van der Waals surface area contributed by atoms with E-state index in [0.29, 0.717) is 24.7 Å². The molecule has 2 heterocycles. The van der Waals surface area contributed by atoms with Crippen LogP contribution in [0.5, 0.6) is 0 Å². The third kappa shape index (κ3) is 5.82. The van der Waals surface area contributed by atoms with Crippen LogP contribution in [0, 0.1) is 0 Å². The summed E-state index contributed by atoms with van der Waals surface area (Å²) < 4.78 is 2.12. The third-order valence-corrected chi connectivity index (χ3v) is 6.57. The zero-order chi connectivity index (χ0) is 18.6. The van der Waals surface area contributed by atoms with Crippen molar-refractivity contribution in [2.24, 2.45) is 0 Å². The first-order chi connectivity index (χ1) is 11.8. The quantitative estimate of drug-likeness (QED) is 0.680.